The summed E-state index contributed by atoms with van der Waals surface area (Å²) in [5.74, 6) is -1.48. The van der Waals surface area contributed by atoms with Gasteiger partial charge in [-0.25, -0.2) is 18.3 Å². The van der Waals surface area contributed by atoms with E-state index >= 15 is 0 Å². The van der Waals surface area contributed by atoms with Crippen LogP contribution >= 0.6 is 0 Å². The van der Waals surface area contributed by atoms with Crippen LogP contribution in [0.2, 0.25) is 0 Å². The molecule has 7 nitrogen and oxygen atoms in total. The molecule has 0 spiro atoms. The molecule has 0 saturated heterocycles. The van der Waals surface area contributed by atoms with Gasteiger partial charge in [0.05, 0.1) is 12.2 Å². The smallest absolute Gasteiger partial charge is 0.411 e. The van der Waals surface area contributed by atoms with Crippen molar-refractivity contribution in [2.75, 3.05) is 32.1 Å². The average molecular weight is 442 g/mol. The maximum absolute atomic E-state index is 14.1. The molecule has 0 bridgehead atoms. The molecule has 168 valence electrons. The standard InChI is InChI=1S/C23H24F2N4O3/c1-27(2)11-4-12-28(23(31)32)18-6-3-5-16(13-18)15-29-22(30)10-9-21(26-29)19-8-7-17(24)14-20(19)25/h3,5-10,13-14H,4,11-12,15H2,1-2H3,(H,31,32). The van der Waals surface area contributed by atoms with E-state index in [2.05, 4.69) is 5.10 Å². The molecule has 2 aromatic carbocycles. The monoisotopic (exact) mass is 442 g/mol. The highest BCUT2D eigenvalue weighted by Crippen LogP contribution is 2.21. The number of aromatic nitrogens is 2. The second-order valence-electron chi connectivity index (χ2n) is 7.60. The van der Waals surface area contributed by atoms with Crippen molar-refractivity contribution < 1.29 is 18.7 Å². The van der Waals surface area contributed by atoms with Gasteiger partial charge in [0.25, 0.3) is 5.56 Å². The van der Waals surface area contributed by atoms with Crippen LogP contribution in [0.5, 0.6) is 0 Å². The van der Waals surface area contributed by atoms with Crippen molar-refractivity contribution in [3.05, 3.63) is 82.1 Å². The Morgan fingerprint density at radius 2 is 1.84 bits per heavy atom. The molecule has 0 unspecified atom stereocenters. The lowest BCUT2D eigenvalue weighted by Crippen LogP contribution is -2.32. The normalized spacial score (nSPS) is 11.0. The molecule has 1 N–H and O–H groups in total. The number of carboxylic acid groups (broad SMARTS) is 1. The zero-order valence-corrected chi connectivity index (χ0v) is 17.8. The summed E-state index contributed by atoms with van der Waals surface area (Å²) in [6.45, 7) is 1.14. The minimum absolute atomic E-state index is 0.0640. The Bertz CT molecular complexity index is 1160. The van der Waals surface area contributed by atoms with Crippen LogP contribution in [0, 0.1) is 11.6 Å². The first-order valence-electron chi connectivity index (χ1n) is 10.0. The maximum Gasteiger partial charge on any atom is 0.411 e. The first kappa shape index (κ1) is 23.1. The number of carbonyl (C=O) groups is 1. The van der Waals surface area contributed by atoms with E-state index in [1.807, 2.05) is 19.0 Å². The summed E-state index contributed by atoms with van der Waals surface area (Å²) in [6, 6.07) is 12.6. The molecule has 0 aliphatic carbocycles. The first-order chi connectivity index (χ1) is 15.2. The molecule has 3 rings (SSSR count). The molecule has 32 heavy (non-hydrogen) atoms. The minimum atomic E-state index is -1.06. The molecule has 1 aromatic heterocycles. The second-order valence-corrected chi connectivity index (χ2v) is 7.60. The van der Waals surface area contributed by atoms with Gasteiger partial charge in [0.1, 0.15) is 11.6 Å². The Labute approximate surface area is 184 Å². The zero-order chi connectivity index (χ0) is 23.3. The Kier molecular flexibility index (Phi) is 7.32. The second kappa shape index (κ2) is 10.1. The molecule has 1 heterocycles. The van der Waals surface area contributed by atoms with Crippen molar-refractivity contribution in [3.63, 3.8) is 0 Å². The van der Waals surface area contributed by atoms with Gasteiger partial charge in [-0.15, -0.1) is 0 Å². The van der Waals surface area contributed by atoms with Crippen LogP contribution in [-0.4, -0.2) is 53.1 Å². The Balaban J connectivity index is 1.86. The van der Waals surface area contributed by atoms with Crippen molar-refractivity contribution in [1.29, 1.82) is 0 Å². The predicted molar refractivity (Wildman–Crippen MR) is 118 cm³/mol. The van der Waals surface area contributed by atoms with E-state index in [-0.39, 0.29) is 17.8 Å². The van der Waals surface area contributed by atoms with Crippen LogP contribution in [0.3, 0.4) is 0 Å². The first-order valence-corrected chi connectivity index (χ1v) is 10.0. The van der Waals surface area contributed by atoms with Gasteiger partial charge in [0, 0.05) is 29.9 Å². The minimum Gasteiger partial charge on any atom is -0.465 e. The number of hydrogen-bond acceptors (Lipinski definition) is 4. The molecule has 0 atom stereocenters. The van der Waals surface area contributed by atoms with Crippen molar-refractivity contribution >= 4 is 11.8 Å². The van der Waals surface area contributed by atoms with Crippen molar-refractivity contribution in [2.45, 2.75) is 13.0 Å². The van der Waals surface area contributed by atoms with Crippen LogP contribution in [0.15, 0.2) is 59.4 Å². The Morgan fingerprint density at radius 3 is 2.53 bits per heavy atom. The van der Waals surface area contributed by atoms with E-state index in [1.165, 1.54) is 23.1 Å². The summed E-state index contributed by atoms with van der Waals surface area (Å²) in [7, 11) is 3.84. The third kappa shape index (κ3) is 5.76. The van der Waals surface area contributed by atoms with Crippen molar-refractivity contribution in [3.8, 4) is 11.3 Å². The molecular formula is C23H24F2N4O3. The number of rotatable bonds is 8. The average Bonchev–Trinajstić information content (AvgIpc) is 2.73. The van der Waals surface area contributed by atoms with E-state index in [9.17, 15) is 23.5 Å². The molecule has 9 heteroatoms. The summed E-state index contributed by atoms with van der Waals surface area (Å²) in [4.78, 5) is 27.3. The lowest BCUT2D eigenvalue weighted by molar-refractivity contribution is 0.201. The van der Waals surface area contributed by atoms with E-state index in [4.69, 9.17) is 0 Å². The third-order valence-corrected chi connectivity index (χ3v) is 4.85. The fourth-order valence-electron chi connectivity index (χ4n) is 3.28. The Morgan fingerprint density at radius 1 is 1.06 bits per heavy atom. The fourth-order valence-corrected chi connectivity index (χ4v) is 3.28. The third-order valence-electron chi connectivity index (χ3n) is 4.85. The van der Waals surface area contributed by atoms with Gasteiger partial charge < -0.3 is 10.0 Å². The highest BCUT2D eigenvalue weighted by Gasteiger charge is 2.15. The quantitative estimate of drug-likeness (QED) is 0.576. The number of nitrogens with zero attached hydrogens (tertiary/aromatic N) is 4. The summed E-state index contributed by atoms with van der Waals surface area (Å²) in [5.41, 5.74) is 1.01. The number of amides is 1. The van der Waals surface area contributed by atoms with E-state index in [0.717, 1.165) is 23.4 Å². The topological polar surface area (TPSA) is 78.7 Å². The van der Waals surface area contributed by atoms with Crippen LogP contribution in [-0.2, 0) is 6.54 Å². The maximum atomic E-state index is 14.1. The fraction of sp³-hybridized carbons (Fsp3) is 0.261. The molecule has 1 amide bonds. The van der Waals surface area contributed by atoms with Gasteiger partial charge in [-0.1, -0.05) is 12.1 Å². The summed E-state index contributed by atoms with van der Waals surface area (Å²) < 4.78 is 28.5. The van der Waals surface area contributed by atoms with E-state index < -0.39 is 23.3 Å². The van der Waals surface area contributed by atoms with Gasteiger partial charge in [0.15, 0.2) is 0 Å². The van der Waals surface area contributed by atoms with Gasteiger partial charge >= 0.3 is 6.09 Å². The SMILES string of the molecule is CN(C)CCCN(C(=O)O)c1cccc(Cn2nc(-c3ccc(F)cc3F)ccc2=O)c1. The Hall–Kier alpha value is -3.59. The molecular weight excluding hydrogens is 418 g/mol. The lowest BCUT2D eigenvalue weighted by Gasteiger charge is -2.21. The van der Waals surface area contributed by atoms with Gasteiger partial charge in [-0.05, 0) is 63.0 Å². The summed E-state index contributed by atoms with van der Waals surface area (Å²) in [6.07, 6.45) is -0.402. The predicted octanol–water partition coefficient (Wildman–Crippen LogP) is 3.67. The van der Waals surface area contributed by atoms with Crippen molar-refractivity contribution in [1.82, 2.24) is 14.7 Å². The van der Waals surface area contributed by atoms with Crippen LogP contribution < -0.4 is 10.5 Å². The lowest BCUT2D eigenvalue weighted by atomic mass is 10.1. The molecule has 0 aliphatic heterocycles. The van der Waals surface area contributed by atoms with E-state index in [0.29, 0.717) is 24.2 Å². The highest BCUT2D eigenvalue weighted by atomic mass is 19.1. The van der Waals surface area contributed by atoms with Gasteiger partial charge in [-0.3, -0.25) is 9.69 Å². The van der Waals surface area contributed by atoms with Crippen molar-refractivity contribution in [2.24, 2.45) is 0 Å². The number of anilines is 1. The number of benzene rings is 2. The highest BCUT2D eigenvalue weighted by molar-refractivity contribution is 5.86. The van der Waals surface area contributed by atoms with E-state index in [1.54, 1.807) is 24.3 Å². The van der Waals surface area contributed by atoms with Gasteiger partial charge in [0.2, 0.25) is 0 Å². The summed E-state index contributed by atoms with van der Waals surface area (Å²) in [5, 5.41) is 13.8. The van der Waals surface area contributed by atoms with Crippen LogP contribution in [0.25, 0.3) is 11.3 Å². The molecule has 0 fully saturated rings. The summed E-state index contributed by atoms with van der Waals surface area (Å²) >= 11 is 0. The van der Waals surface area contributed by atoms with Gasteiger partial charge in [-0.2, -0.15) is 5.10 Å². The van der Waals surface area contributed by atoms with Crippen LogP contribution in [0.1, 0.15) is 12.0 Å². The van der Waals surface area contributed by atoms with Crippen LogP contribution in [0.4, 0.5) is 19.3 Å². The molecule has 3 aromatic rings. The zero-order valence-electron chi connectivity index (χ0n) is 17.8. The number of hydrogen-bond donors (Lipinski definition) is 1. The number of halogens is 2. The largest absolute Gasteiger partial charge is 0.465 e. The molecule has 0 aliphatic rings. The molecule has 0 radical (unpaired) electrons. The molecule has 0 saturated carbocycles.